The molecular weight excluding hydrogens is 248 g/mol. The lowest BCUT2D eigenvalue weighted by Crippen LogP contribution is -2.29. The first kappa shape index (κ1) is 13.3. The molecule has 1 N–H and O–H groups in total. The zero-order chi connectivity index (χ0) is 14.0. The second-order valence-corrected chi connectivity index (χ2v) is 4.82. The van der Waals surface area contributed by atoms with E-state index in [-0.39, 0.29) is 18.2 Å². The Morgan fingerprint density at radius 3 is 2.74 bits per heavy atom. The van der Waals surface area contributed by atoms with Crippen molar-refractivity contribution in [3.05, 3.63) is 33.9 Å². The van der Waals surface area contributed by atoms with Crippen molar-refractivity contribution in [3.63, 3.8) is 0 Å². The van der Waals surface area contributed by atoms with Crippen LogP contribution < -0.4 is 4.90 Å². The van der Waals surface area contributed by atoms with Gasteiger partial charge in [-0.25, -0.2) is 0 Å². The topological polar surface area (TPSA) is 83.7 Å². The highest BCUT2D eigenvalue weighted by molar-refractivity contribution is 5.70. The van der Waals surface area contributed by atoms with Gasteiger partial charge in [-0.3, -0.25) is 14.9 Å². The lowest BCUT2D eigenvalue weighted by atomic mass is 10.1. The molecule has 0 unspecified atom stereocenters. The number of nitro groups is 1. The van der Waals surface area contributed by atoms with Crippen LogP contribution in [0.4, 0.5) is 11.4 Å². The zero-order valence-corrected chi connectivity index (χ0v) is 10.7. The molecule has 0 aromatic heterocycles. The third-order valence-corrected chi connectivity index (χ3v) is 3.19. The summed E-state index contributed by atoms with van der Waals surface area (Å²) in [5.74, 6) is -0.889. The molecule has 6 heteroatoms. The Labute approximate surface area is 110 Å². The van der Waals surface area contributed by atoms with Gasteiger partial charge in [-0.15, -0.1) is 0 Å². The molecule has 1 aliphatic carbocycles. The molecule has 0 bridgehead atoms. The van der Waals surface area contributed by atoms with E-state index in [0.29, 0.717) is 12.2 Å². The van der Waals surface area contributed by atoms with Gasteiger partial charge >= 0.3 is 5.97 Å². The number of rotatable bonds is 6. The number of hydrogen-bond donors (Lipinski definition) is 1. The highest BCUT2D eigenvalue weighted by atomic mass is 16.6. The summed E-state index contributed by atoms with van der Waals surface area (Å²) >= 11 is 0. The van der Waals surface area contributed by atoms with Gasteiger partial charge in [0.05, 0.1) is 11.3 Å². The number of benzene rings is 1. The SMILES string of the molecule is Cc1ccc(N(CCC(=O)O)C2CC2)c([N+](=O)[O-])c1. The molecule has 0 spiro atoms. The van der Waals surface area contributed by atoms with Crippen LogP contribution in [0.3, 0.4) is 0 Å². The third kappa shape index (κ3) is 3.21. The van der Waals surface area contributed by atoms with Crippen LogP contribution in [0.25, 0.3) is 0 Å². The minimum absolute atomic E-state index is 0.0124. The number of anilines is 1. The predicted octanol–water partition coefficient (Wildman–Crippen LogP) is 2.35. The molecule has 102 valence electrons. The summed E-state index contributed by atoms with van der Waals surface area (Å²) in [6.07, 6.45) is 1.91. The average Bonchev–Trinajstić information content (AvgIpc) is 3.14. The Bertz CT molecular complexity index is 511. The van der Waals surface area contributed by atoms with Crippen molar-refractivity contribution >= 4 is 17.3 Å². The van der Waals surface area contributed by atoms with Gasteiger partial charge in [-0.2, -0.15) is 0 Å². The van der Waals surface area contributed by atoms with Crippen molar-refractivity contribution in [3.8, 4) is 0 Å². The van der Waals surface area contributed by atoms with E-state index in [2.05, 4.69) is 0 Å². The van der Waals surface area contributed by atoms with Gasteiger partial charge < -0.3 is 10.0 Å². The van der Waals surface area contributed by atoms with Gasteiger partial charge in [-0.05, 0) is 31.4 Å². The third-order valence-electron chi connectivity index (χ3n) is 3.19. The van der Waals surface area contributed by atoms with Crippen LogP contribution in [0.1, 0.15) is 24.8 Å². The van der Waals surface area contributed by atoms with Crippen molar-refractivity contribution in [1.82, 2.24) is 0 Å². The van der Waals surface area contributed by atoms with Crippen molar-refractivity contribution in [2.75, 3.05) is 11.4 Å². The van der Waals surface area contributed by atoms with Gasteiger partial charge in [0.2, 0.25) is 0 Å². The van der Waals surface area contributed by atoms with E-state index in [4.69, 9.17) is 5.11 Å². The molecule has 0 atom stereocenters. The lowest BCUT2D eigenvalue weighted by Gasteiger charge is -2.23. The summed E-state index contributed by atoms with van der Waals surface area (Å²) in [6, 6.07) is 5.30. The summed E-state index contributed by atoms with van der Waals surface area (Å²) in [6.45, 7) is 2.11. The van der Waals surface area contributed by atoms with Gasteiger partial charge in [0.1, 0.15) is 5.69 Å². The quantitative estimate of drug-likeness (QED) is 0.629. The second-order valence-electron chi connectivity index (χ2n) is 4.82. The van der Waals surface area contributed by atoms with Gasteiger partial charge in [0, 0.05) is 18.7 Å². The molecule has 1 aliphatic rings. The van der Waals surface area contributed by atoms with Gasteiger partial charge in [-0.1, -0.05) is 6.07 Å². The summed E-state index contributed by atoms with van der Waals surface area (Å²) < 4.78 is 0. The van der Waals surface area contributed by atoms with Crippen LogP contribution in [0.15, 0.2) is 18.2 Å². The minimum Gasteiger partial charge on any atom is -0.481 e. The molecule has 6 nitrogen and oxygen atoms in total. The number of aliphatic carboxylic acids is 1. The Kier molecular flexibility index (Phi) is 3.69. The Morgan fingerprint density at radius 2 is 2.21 bits per heavy atom. The smallest absolute Gasteiger partial charge is 0.305 e. The molecule has 0 amide bonds. The van der Waals surface area contributed by atoms with Crippen molar-refractivity contribution in [2.24, 2.45) is 0 Å². The van der Waals surface area contributed by atoms with E-state index in [1.165, 1.54) is 6.07 Å². The number of aryl methyl sites for hydroxylation is 1. The number of carboxylic acids is 1. The number of hydrogen-bond acceptors (Lipinski definition) is 4. The Morgan fingerprint density at radius 1 is 1.53 bits per heavy atom. The monoisotopic (exact) mass is 264 g/mol. The number of nitro benzene ring substituents is 1. The molecule has 1 aromatic rings. The molecule has 0 radical (unpaired) electrons. The number of carboxylic acid groups (broad SMARTS) is 1. The molecule has 0 aliphatic heterocycles. The van der Waals surface area contributed by atoms with E-state index in [1.807, 2.05) is 11.0 Å². The maximum Gasteiger partial charge on any atom is 0.305 e. The van der Waals surface area contributed by atoms with Crippen LogP contribution in [-0.4, -0.2) is 28.6 Å². The van der Waals surface area contributed by atoms with E-state index < -0.39 is 10.9 Å². The fourth-order valence-electron chi connectivity index (χ4n) is 2.12. The normalized spacial score (nSPS) is 14.2. The first-order valence-electron chi connectivity index (χ1n) is 6.22. The Hall–Kier alpha value is -2.11. The van der Waals surface area contributed by atoms with Crippen molar-refractivity contribution < 1.29 is 14.8 Å². The van der Waals surface area contributed by atoms with Gasteiger partial charge in [0.25, 0.3) is 5.69 Å². The minimum atomic E-state index is -0.889. The molecule has 0 saturated heterocycles. The first-order valence-corrected chi connectivity index (χ1v) is 6.22. The van der Waals surface area contributed by atoms with Crippen molar-refractivity contribution in [1.29, 1.82) is 0 Å². The molecule has 1 saturated carbocycles. The lowest BCUT2D eigenvalue weighted by molar-refractivity contribution is -0.384. The molecule has 19 heavy (non-hydrogen) atoms. The maximum atomic E-state index is 11.1. The van der Waals surface area contributed by atoms with E-state index in [0.717, 1.165) is 18.4 Å². The van der Waals surface area contributed by atoms with Crippen LogP contribution in [0, 0.1) is 17.0 Å². The maximum absolute atomic E-state index is 11.1. The highest BCUT2D eigenvalue weighted by Crippen LogP contribution is 2.37. The molecule has 0 heterocycles. The summed E-state index contributed by atoms with van der Waals surface area (Å²) in [5.41, 5.74) is 1.40. The average molecular weight is 264 g/mol. The zero-order valence-electron chi connectivity index (χ0n) is 10.7. The fraction of sp³-hybridized carbons (Fsp3) is 0.462. The summed E-state index contributed by atoms with van der Waals surface area (Å²) in [4.78, 5) is 23.3. The molecule has 1 aromatic carbocycles. The molecule has 2 rings (SSSR count). The highest BCUT2D eigenvalue weighted by Gasteiger charge is 2.33. The summed E-state index contributed by atoms with van der Waals surface area (Å²) in [5, 5.41) is 19.9. The fourth-order valence-corrected chi connectivity index (χ4v) is 2.12. The molecular formula is C13H16N2O4. The summed E-state index contributed by atoms with van der Waals surface area (Å²) in [7, 11) is 0. The van der Waals surface area contributed by atoms with Gasteiger partial charge in [0.15, 0.2) is 0 Å². The van der Waals surface area contributed by atoms with Crippen LogP contribution in [-0.2, 0) is 4.79 Å². The van der Waals surface area contributed by atoms with Crippen LogP contribution in [0.5, 0.6) is 0 Å². The van der Waals surface area contributed by atoms with Crippen LogP contribution in [0.2, 0.25) is 0 Å². The van der Waals surface area contributed by atoms with Crippen LogP contribution >= 0.6 is 0 Å². The number of carbonyl (C=O) groups is 1. The largest absolute Gasteiger partial charge is 0.481 e. The first-order chi connectivity index (χ1) is 8.99. The van der Waals surface area contributed by atoms with E-state index in [1.54, 1.807) is 13.0 Å². The standard InChI is InChI=1S/C13H16N2O4/c1-9-2-5-11(12(8-9)15(18)19)14(10-3-4-10)7-6-13(16)17/h2,5,8,10H,3-4,6-7H2,1H3,(H,16,17). The van der Waals surface area contributed by atoms with Crippen molar-refractivity contribution in [2.45, 2.75) is 32.2 Å². The van der Waals surface area contributed by atoms with E-state index in [9.17, 15) is 14.9 Å². The van der Waals surface area contributed by atoms with E-state index >= 15 is 0 Å². The predicted molar refractivity (Wildman–Crippen MR) is 70.5 cm³/mol. The second kappa shape index (κ2) is 5.26. The molecule has 1 fully saturated rings. The number of nitrogens with zero attached hydrogens (tertiary/aromatic N) is 2. The Balaban J connectivity index is 2.30.